The third kappa shape index (κ3) is 3.65. The molecular formula is C20H18F3N7O. The third-order valence-corrected chi connectivity index (χ3v) is 5.31. The number of hydrogen-bond acceptors (Lipinski definition) is 5. The van der Waals surface area contributed by atoms with Gasteiger partial charge in [0.15, 0.2) is 5.69 Å². The summed E-state index contributed by atoms with van der Waals surface area (Å²) in [5.74, 6) is -0.650. The van der Waals surface area contributed by atoms with E-state index >= 15 is 0 Å². The van der Waals surface area contributed by atoms with Crippen molar-refractivity contribution in [2.75, 3.05) is 0 Å². The zero-order chi connectivity index (χ0) is 22.6. The van der Waals surface area contributed by atoms with Gasteiger partial charge in [-0.05, 0) is 31.9 Å². The number of pyridine rings is 1. The van der Waals surface area contributed by atoms with Gasteiger partial charge in [0.2, 0.25) is 0 Å². The van der Waals surface area contributed by atoms with E-state index in [0.717, 1.165) is 16.4 Å². The second-order valence-electron chi connectivity index (χ2n) is 7.59. The van der Waals surface area contributed by atoms with Crippen molar-refractivity contribution in [3.05, 3.63) is 52.7 Å². The first-order chi connectivity index (χ1) is 14.5. The SMILES string of the molecule is Cc1cc(-c2cc(C3(NC(=O)c4cc(C(F)(F)F)nn4C)CC3)n(C)n2)c(C#N)cn1. The second kappa shape index (κ2) is 6.94. The monoisotopic (exact) mass is 429 g/mol. The minimum atomic E-state index is -4.63. The number of amides is 1. The molecule has 11 heteroatoms. The molecule has 1 N–H and O–H groups in total. The van der Waals surface area contributed by atoms with Crippen LogP contribution in [-0.4, -0.2) is 30.5 Å². The quantitative estimate of drug-likeness (QED) is 0.687. The first-order valence-corrected chi connectivity index (χ1v) is 9.39. The molecule has 0 unspecified atom stereocenters. The smallest absolute Gasteiger partial charge is 0.340 e. The van der Waals surface area contributed by atoms with Crippen LogP contribution >= 0.6 is 0 Å². The Morgan fingerprint density at radius 2 is 1.90 bits per heavy atom. The summed E-state index contributed by atoms with van der Waals surface area (Å²) in [5.41, 5.74) is 0.940. The molecule has 0 aromatic carbocycles. The van der Waals surface area contributed by atoms with Gasteiger partial charge in [0.1, 0.15) is 11.8 Å². The first-order valence-electron chi connectivity index (χ1n) is 9.39. The van der Waals surface area contributed by atoms with Crippen LogP contribution < -0.4 is 5.32 Å². The van der Waals surface area contributed by atoms with Gasteiger partial charge < -0.3 is 5.32 Å². The van der Waals surface area contributed by atoms with Gasteiger partial charge in [-0.3, -0.25) is 19.1 Å². The maximum atomic E-state index is 12.9. The number of halogens is 3. The molecule has 0 aliphatic heterocycles. The Bertz CT molecular complexity index is 1230. The van der Waals surface area contributed by atoms with E-state index in [2.05, 4.69) is 26.6 Å². The largest absolute Gasteiger partial charge is 0.435 e. The Morgan fingerprint density at radius 3 is 2.48 bits per heavy atom. The van der Waals surface area contributed by atoms with Crippen LogP contribution in [0.3, 0.4) is 0 Å². The van der Waals surface area contributed by atoms with Gasteiger partial charge in [0.05, 0.1) is 22.5 Å². The number of nitrogens with one attached hydrogen (secondary N) is 1. The molecule has 0 saturated heterocycles. The lowest BCUT2D eigenvalue weighted by molar-refractivity contribution is -0.141. The van der Waals surface area contributed by atoms with Gasteiger partial charge in [0.25, 0.3) is 5.91 Å². The maximum absolute atomic E-state index is 12.9. The van der Waals surface area contributed by atoms with E-state index in [1.165, 1.54) is 13.2 Å². The van der Waals surface area contributed by atoms with Crippen molar-refractivity contribution in [1.29, 1.82) is 5.26 Å². The molecule has 3 heterocycles. The number of carbonyl (C=O) groups excluding carboxylic acids is 1. The van der Waals surface area contributed by atoms with Gasteiger partial charge >= 0.3 is 6.18 Å². The van der Waals surface area contributed by atoms with E-state index in [0.29, 0.717) is 35.4 Å². The van der Waals surface area contributed by atoms with E-state index in [1.54, 1.807) is 30.8 Å². The Hall–Kier alpha value is -3.68. The number of aryl methyl sites for hydroxylation is 3. The van der Waals surface area contributed by atoms with Crippen molar-refractivity contribution in [2.45, 2.75) is 31.5 Å². The van der Waals surface area contributed by atoms with Crippen molar-refractivity contribution in [3.8, 4) is 17.3 Å². The van der Waals surface area contributed by atoms with E-state index < -0.39 is 23.3 Å². The molecule has 1 aliphatic rings. The molecule has 8 nitrogen and oxygen atoms in total. The van der Waals surface area contributed by atoms with Gasteiger partial charge in [-0.2, -0.15) is 28.6 Å². The average molecular weight is 429 g/mol. The highest BCUT2D eigenvalue weighted by molar-refractivity contribution is 5.93. The van der Waals surface area contributed by atoms with Crippen LogP contribution in [0.25, 0.3) is 11.3 Å². The minimum absolute atomic E-state index is 0.183. The Balaban J connectivity index is 1.65. The van der Waals surface area contributed by atoms with Crippen molar-refractivity contribution in [1.82, 2.24) is 29.9 Å². The number of nitriles is 1. The average Bonchev–Trinajstić information content (AvgIpc) is 3.16. The number of rotatable bonds is 4. The molecule has 160 valence electrons. The molecule has 0 bridgehead atoms. The predicted octanol–water partition coefficient (Wildman–Crippen LogP) is 2.83. The topological polar surface area (TPSA) is 101 Å². The highest BCUT2D eigenvalue weighted by Gasteiger charge is 2.49. The highest BCUT2D eigenvalue weighted by Crippen LogP contribution is 2.46. The summed E-state index contributed by atoms with van der Waals surface area (Å²) in [6.45, 7) is 1.81. The summed E-state index contributed by atoms with van der Waals surface area (Å²) in [5, 5.41) is 20.1. The molecule has 0 atom stereocenters. The lowest BCUT2D eigenvalue weighted by atomic mass is 10.0. The Morgan fingerprint density at radius 1 is 1.19 bits per heavy atom. The van der Waals surface area contributed by atoms with Crippen LogP contribution in [0.1, 0.15) is 46.0 Å². The zero-order valence-electron chi connectivity index (χ0n) is 16.9. The summed E-state index contributed by atoms with van der Waals surface area (Å²) in [6, 6.07) is 6.38. The minimum Gasteiger partial charge on any atom is -0.340 e. The fourth-order valence-corrected chi connectivity index (χ4v) is 3.58. The van der Waals surface area contributed by atoms with Gasteiger partial charge in [-0.25, -0.2) is 0 Å². The van der Waals surface area contributed by atoms with Crippen LogP contribution in [0, 0.1) is 18.3 Å². The zero-order valence-corrected chi connectivity index (χ0v) is 16.9. The van der Waals surface area contributed by atoms with E-state index in [-0.39, 0.29) is 5.69 Å². The summed E-state index contributed by atoms with van der Waals surface area (Å²) in [6.07, 6.45) is -1.93. The highest BCUT2D eigenvalue weighted by atomic mass is 19.4. The molecule has 0 radical (unpaired) electrons. The van der Waals surface area contributed by atoms with E-state index in [4.69, 9.17) is 0 Å². The van der Waals surface area contributed by atoms with Gasteiger partial charge in [-0.15, -0.1) is 0 Å². The van der Waals surface area contributed by atoms with Crippen LogP contribution in [-0.2, 0) is 25.8 Å². The van der Waals surface area contributed by atoms with Crippen LogP contribution in [0.4, 0.5) is 13.2 Å². The van der Waals surface area contributed by atoms with Crippen molar-refractivity contribution in [3.63, 3.8) is 0 Å². The summed E-state index contributed by atoms with van der Waals surface area (Å²) in [7, 11) is 3.01. The fraction of sp³-hybridized carbons (Fsp3) is 0.350. The molecule has 3 aromatic heterocycles. The van der Waals surface area contributed by atoms with Gasteiger partial charge in [0, 0.05) is 37.6 Å². The van der Waals surface area contributed by atoms with Crippen molar-refractivity contribution >= 4 is 5.91 Å². The number of carbonyl (C=O) groups is 1. The molecule has 31 heavy (non-hydrogen) atoms. The van der Waals surface area contributed by atoms with Crippen LogP contribution in [0.5, 0.6) is 0 Å². The fourth-order valence-electron chi connectivity index (χ4n) is 3.58. The summed E-state index contributed by atoms with van der Waals surface area (Å²) >= 11 is 0. The molecule has 1 saturated carbocycles. The normalized spacial score (nSPS) is 14.9. The number of aromatic nitrogens is 5. The number of nitrogens with zero attached hydrogens (tertiary/aromatic N) is 6. The number of hydrogen-bond donors (Lipinski definition) is 1. The molecular weight excluding hydrogens is 411 g/mol. The number of alkyl halides is 3. The maximum Gasteiger partial charge on any atom is 0.435 e. The summed E-state index contributed by atoms with van der Waals surface area (Å²) in [4.78, 5) is 16.9. The first kappa shape index (κ1) is 20.6. The van der Waals surface area contributed by atoms with Crippen LogP contribution in [0.15, 0.2) is 24.4 Å². The van der Waals surface area contributed by atoms with Gasteiger partial charge in [-0.1, -0.05) is 0 Å². The van der Waals surface area contributed by atoms with Crippen molar-refractivity contribution in [2.24, 2.45) is 14.1 Å². The molecule has 0 spiro atoms. The predicted molar refractivity (Wildman–Crippen MR) is 102 cm³/mol. The standard InChI is InChI=1S/C20H18F3N7O/c1-11-6-13(12(9-24)10-25-11)14-7-17(30(3)27-14)19(4-5-19)26-18(31)15-8-16(20(21,22)23)28-29(15)2/h6-8,10H,4-5H2,1-3H3,(H,26,31). The summed E-state index contributed by atoms with van der Waals surface area (Å²) < 4.78 is 41.3. The van der Waals surface area contributed by atoms with Crippen molar-refractivity contribution < 1.29 is 18.0 Å². The Kier molecular flexibility index (Phi) is 4.61. The van der Waals surface area contributed by atoms with E-state index in [1.807, 2.05) is 0 Å². The molecule has 1 fully saturated rings. The second-order valence-corrected chi connectivity index (χ2v) is 7.59. The molecule has 4 rings (SSSR count). The lowest BCUT2D eigenvalue weighted by Gasteiger charge is -2.17. The lowest BCUT2D eigenvalue weighted by Crippen LogP contribution is -2.37. The van der Waals surface area contributed by atoms with Crippen LogP contribution in [0.2, 0.25) is 0 Å². The molecule has 1 aliphatic carbocycles. The third-order valence-electron chi connectivity index (χ3n) is 5.31. The molecule has 1 amide bonds. The van der Waals surface area contributed by atoms with E-state index in [9.17, 15) is 23.2 Å². The Labute approximate surface area is 175 Å². The molecule has 3 aromatic rings.